The van der Waals surface area contributed by atoms with E-state index >= 15 is 0 Å². The fourth-order valence-corrected chi connectivity index (χ4v) is 1.36. The van der Waals surface area contributed by atoms with Gasteiger partial charge in [-0.1, -0.05) is 0 Å². The van der Waals surface area contributed by atoms with Crippen LogP contribution in [0.25, 0.3) is 0 Å². The normalized spacial score (nSPS) is 11.3. The van der Waals surface area contributed by atoms with Crippen LogP contribution in [0.5, 0.6) is 0 Å². The van der Waals surface area contributed by atoms with E-state index in [2.05, 4.69) is 31.0 Å². The van der Waals surface area contributed by atoms with Crippen molar-refractivity contribution < 1.29 is 22.8 Å². The molecule has 1 aromatic rings. The van der Waals surface area contributed by atoms with Gasteiger partial charge >= 0.3 is 12.0 Å². The van der Waals surface area contributed by atoms with Crippen LogP contribution in [-0.4, -0.2) is 29.4 Å². The molecule has 0 spiro atoms. The minimum atomic E-state index is -4.72. The summed E-state index contributed by atoms with van der Waals surface area (Å²) in [5, 5.41) is 13.1. The fraction of sp³-hybridized carbons (Fsp3) is 0.375. The zero-order valence-electron chi connectivity index (χ0n) is 8.70. The Labute approximate surface area is 107 Å². The molecule has 0 aliphatic carbocycles. The van der Waals surface area contributed by atoms with Gasteiger partial charge in [0.05, 0.1) is 11.5 Å². The molecule has 18 heavy (non-hydrogen) atoms. The van der Waals surface area contributed by atoms with E-state index in [0.29, 0.717) is 4.47 Å². The van der Waals surface area contributed by atoms with Crippen molar-refractivity contribution in [2.24, 2.45) is 0 Å². The molecule has 1 heterocycles. The van der Waals surface area contributed by atoms with Gasteiger partial charge in [0.1, 0.15) is 0 Å². The molecular formula is C8H7BrF3N3O3. The molecule has 0 bridgehead atoms. The molecule has 1 aromatic heterocycles. The van der Waals surface area contributed by atoms with Gasteiger partial charge in [-0.25, -0.2) is 4.98 Å². The van der Waals surface area contributed by atoms with Crippen molar-refractivity contribution >= 4 is 27.4 Å². The number of nitrogens with one attached hydrogen (secondary N) is 1. The predicted molar refractivity (Wildman–Crippen MR) is 59.1 cm³/mol. The molecular weight excluding hydrogens is 323 g/mol. The number of hydrogen-bond donors (Lipinski definition) is 1. The highest BCUT2D eigenvalue weighted by Crippen LogP contribution is 2.25. The van der Waals surface area contributed by atoms with E-state index in [1.807, 2.05) is 0 Å². The Bertz CT molecular complexity index is 441. The topological polar surface area (TPSA) is 77.3 Å². The maximum atomic E-state index is 11.7. The minimum Gasteiger partial charge on any atom is -0.362 e. The first-order chi connectivity index (χ1) is 8.29. The first-order valence-corrected chi connectivity index (χ1v) is 5.33. The summed E-state index contributed by atoms with van der Waals surface area (Å²) in [5.41, 5.74) is -0.337. The molecule has 0 fully saturated rings. The molecule has 0 aromatic carbocycles. The van der Waals surface area contributed by atoms with Crippen molar-refractivity contribution in [3.8, 4) is 0 Å². The van der Waals surface area contributed by atoms with Crippen molar-refractivity contribution in [2.45, 2.75) is 6.36 Å². The monoisotopic (exact) mass is 329 g/mol. The van der Waals surface area contributed by atoms with E-state index in [4.69, 9.17) is 0 Å². The third-order valence-corrected chi connectivity index (χ3v) is 2.12. The molecule has 1 rings (SSSR count). The summed E-state index contributed by atoms with van der Waals surface area (Å²) in [7, 11) is 0. The van der Waals surface area contributed by atoms with Crippen molar-refractivity contribution in [3.63, 3.8) is 0 Å². The average molecular weight is 330 g/mol. The number of pyridine rings is 1. The van der Waals surface area contributed by atoms with E-state index < -0.39 is 17.9 Å². The number of hydrogen-bond acceptors (Lipinski definition) is 5. The summed E-state index contributed by atoms with van der Waals surface area (Å²) in [6.45, 7) is -0.923. The minimum absolute atomic E-state index is 0.117. The molecule has 0 aliphatic rings. The van der Waals surface area contributed by atoms with Crippen LogP contribution in [0.3, 0.4) is 0 Å². The van der Waals surface area contributed by atoms with Gasteiger partial charge < -0.3 is 5.32 Å². The summed E-state index contributed by atoms with van der Waals surface area (Å²) >= 11 is 3.00. The smallest absolute Gasteiger partial charge is 0.362 e. The van der Waals surface area contributed by atoms with Gasteiger partial charge in [-0.05, 0) is 15.9 Å². The number of rotatable bonds is 5. The molecule has 0 saturated heterocycles. The zero-order chi connectivity index (χ0) is 13.8. The lowest BCUT2D eigenvalue weighted by atomic mass is 10.4. The highest BCUT2D eigenvalue weighted by atomic mass is 79.9. The number of alkyl halides is 3. The highest BCUT2D eigenvalue weighted by Gasteiger charge is 2.28. The number of ether oxygens (including phenoxy) is 1. The standard InChI is InChI=1S/C8H7BrF3N3O3/c9-5-3-6(15(16)17)7(14-4-5)13-1-2-18-8(10,11)12/h3-4H,1-2H2,(H,13,14). The Morgan fingerprint density at radius 2 is 2.22 bits per heavy atom. The summed E-state index contributed by atoms with van der Waals surface area (Å²) in [5.74, 6) is -0.117. The summed E-state index contributed by atoms with van der Waals surface area (Å²) < 4.78 is 38.9. The second-order valence-corrected chi connectivity index (χ2v) is 3.92. The van der Waals surface area contributed by atoms with Crippen molar-refractivity contribution in [1.82, 2.24) is 4.98 Å². The highest BCUT2D eigenvalue weighted by molar-refractivity contribution is 9.10. The van der Waals surface area contributed by atoms with Gasteiger partial charge in [0.2, 0.25) is 5.82 Å². The van der Waals surface area contributed by atoms with Crippen LogP contribution < -0.4 is 5.32 Å². The van der Waals surface area contributed by atoms with Gasteiger partial charge in [-0.15, -0.1) is 13.2 Å². The molecule has 100 valence electrons. The Morgan fingerprint density at radius 3 is 2.78 bits per heavy atom. The number of aromatic nitrogens is 1. The fourth-order valence-electron chi connectivity index (χ4n) is 1.04. The molecule has 0 saturated carbocycles. The van der Waals surface area contributed by atoms with Crippen molar-refractivity contribution in [1.29, 1.82) is 0 Å². The first kappa shape index (κ1) is 14.6. The number of nitrogens with zero attached hydrogens (tertiary/aromatic N) is 2. The number of halogens is 4. The third kappa shape index (κ3) is 4.84. The first-order valence-electron chi connectivity index (χ1n) is 4.54. The molecule has 0 amide bonds. The van der Waals surface area contributed by atoms with E-state index in [0.717, 1.165) is 0 Å². The van der Waals surface area contributed by atoms with E-state index in [9.17, 15) is 23.3 Å². The van der Waals surface area contributed by atoms with Gasteiger partial charge in [0.25, 0.3) is 0 Å². The maximum Gasteiger partial charge on any atom is 0.522 e. The second-order valence-electron chi connectivity index (χ2n) is 3.00. The van der Waals surface area contributed by atoms with Crippen LogP contribution in [0.2, 0.25) is 0 Å². The third-order valence-electron chi connectivity index (χ3n) is 1.69. The van der Waals surface area contributed by atoms with Crippen LogP contribution >= 0.6 is 15.9 Å². The lowest BCUT2D eigenvalue weighted by Crippen LogP contribution is -2.19. The van der Waals surface area contributed by atoms with Gasteiger partial charge in [0, 0.05) is 23.3 Å². The van der Waals surface area contributed by atoms with E-state index in [1.54, 1.807) is 0 Å². The van der Waals surface area contributed by atoms with Crippen LogP contribution in [-0.2, 0) is 4.74 Å². The summed E-state index contributed by atoms with van der Waals surface area (Å²) in [6, 6.07) is 1.19. The molecule has 1 N–H and O–H groups in total. The number of anilines is 1. The maximum absolute atomic E-state index is 11.7. The zero-order valence-corrected chi connectivity index (χ0v) is 10.3. The lowest BCUT2D eigenvalue weighted by Gasteiger charge is -2.08. The Balaban J connectivity index is 2.59. The molecule has 0 aliphatic heterocycles. The SMILES string of the molecule is O=[N+]([O-])c1cc(Br)cnc1NCCOC(F)(F)F. The molecule has 0 radical (unpaired) electrons. The lowest BCUT2D eigenvalue weighted by molar-refractivity contribution is -0.384. The van der Waals surface area contributed by atoms with Gasteiger partial charge in [-0.3, -0.25) is 14.9 Å². The van der Waals surface area contributed by atoms with Crippen LogP contribution in [0.4, 0.5) is 24.7 Å². The Hall–Kier alpha value is -1.42. The van der Waals surface area contributed by atoms with Crippen molar-refractivity contribution in [2.75, 3.05) is 18.5 Å². The van der Waals surface area contributed by atoms with E-state index in [1.165, 1.54) is 12.3 Å². The summed E-state index contributed by atoms with van der Waals surface area (Å²) in [6.07, 6.45) is -3.43. The average Bonchev–Trinajstić information content (AvgIpc) is 2.24. The van der Waals surface area contributed by atoms with Gasteiger partial charge in [0.15, 0.2) is 0 Å². The van der Waals surface area contributed by atoms with Crippen LogP contribution in [0.1, 0.15) is 0 Å². The van der Waals surface area contributed by atoms with E-state index in [-0.39, 0.29) is 18.1 Å². The number of nitro groups is 1. The molecule has 10 heteroatoms. The van der Waals surface area contributed by atoms with Gasteiger partial charge in [-0.2, -0.15) is 0 Å². The second kappa shape index (κ2) is 5.96. The Morgan fingerprint density at radius 1 is 1.56 bits per heavy atom. The van der Waals surface area contributed by atoms with Crippen LogP contribution in [0.15, 0.2) is 16.7 Å². The van der Waals surface area contributed by atoms with Crippen molar-refractivity contribution in [3.05, 3.63) is 26.9 Å². The predicted octanol–water partition coefficient (Wildman–Crippen LogP) is 2.70. The van der Waals surface area contributed by atoms with Crippen LogP contribution in [0, 0.1) is 10.1 Å². The summed E-state index contributed by atoms with van der Waals surface area (Å²) in [4.78, 5) is 13.7. The molecule has 0 atom stereocenters. The molecule has 0 unspecified atom stereocenters. The quantitative estimate of drug-likeness (QED) is 0.510. The molecule has 6 nitrogen and oxygen atoms in total. The Kier molecular flexibility index (Phi) is 4.84. The largest absolute Gasteiger partial charge is 0.522 e.